The largest absolute Gasteiger partial charge is 0.497 e. The first-order valence-electron chi connectivity index (χ1n) is 5.14. The molecule has 0 aromatic heterocycles. The third-order valence-corrected chi connectivity index (χ3v) is 2.18. The summed E-state index contributed by atoms with van der Waals surface area (Å²) < 4.78 is 5.07. The first kappa shape index (κ1) is 12.4. The number of nitrogens with zero attached hydrogens (tertiary/aromatic N) is 3. The van der Waals surface area contributed by atoms with E-state index in [1.165, 1.54) is 5.56 Å². The number of azide groups is 1. The molecule has 16 heavy (non-hydrogen) atoms. The normalized spacial score (nSPS) is 11.6. The van der Waals surface area contributed by atoms with E-state index in [2.05, 4.69) is 15.3 Å². The molecule has 1 aromatic rings. The lowest BCUT2D eigenvalue weighted by Crippen LogP contribution is -2.22. The number of methoxy groups -OCH3 is 1. The van der Waals surface area contributed by atoms with Crippen LogP contribution in [0.4, 0.5) is 0 Å². The number of rotatable bonds is 6. The minimum atomic E-state index is -0.0248. The maximum Gasteiger partial charge on any atom is 0.118 e. The Morgan fingerprint density at radius 3 is 2.69 bits per heavy atom. The van der Waals surface area contributed by atoms with E-state index in [1.807, 2.05) is 31.2 Å². The SMILES string of the molecule is COc1ccc(CNC[C@H](C)N=[N+]=[N-])cc1. The molecule has 5 nitrogen and oxygen atoms in total. The van der Waals surface area contributed by atoms with Crippen LogP contribution in [0.25, 0.3) is 10.4 Å². The van der Waals surface area contributed by atoms with E-state index in [9.17, 15) is 0 Å². The van der Waals surface area contributed by atoms with Crippen LogP contribution < -0.4 is 10.1 Å². The molecule has 0 aliphatic rings. The van der Waals surface area contributed by atoms with Crippen LogP contribution in [0.3, 0.4) is 0 Å². The molecular formula is C11H16N4O. The van der Waals surface area contributed by atoms with E-state index in [4.69, 9.17) is 10.3 Å². The van der Waals surface area contributed by atoms with E-state index in [0.29, 0.717) is 6.54 Å². The Labute approximate surface area is 95.1 Å². The predicted octanol–water partition coefficient (Wildman–Crippen LogP) is 2.48. The lowest BCUT2D eigenvalue weighted by molar-refractivity contribution is 0.414. The van der Waals surface area contributed by atoms with Gasteiger partial charge in [0.25, 0.3) is 0 Å². The summed E-state index contributed by atoms with van der Waals surface area (Å²) in [5.74, 6) is 0.853. The van der Waals surface area contributed by atoms with Crippen molar-refractivity contribution in [2.24, 2.45) is 5.11 Å². The molecule has 0 amide bonds. The van der Waals surface area contributed by atoms with Crippen molar-refractivity contribution in [2.75, 3.05) is 13.7 Å². The predicted molar refractivity (Wildman–Crippen MR) is 63.3 cm³/mol. The van der Waals surface area contributed by atoms with Gasteiger partial charge in [0.1, 0.15) is 5.75 Å². The van der Waals surface area contributed by atoms with E-state index < -0.39 is 0 Å². The quantitative estimate of drug-likeness (QED) is 0.454. The van der Waals surface area contributed by atoms with Crippen molar-refractivity contribution < 1.29 is 4.74 Å². The van der Waals surface area contributed by atoms with E-state index in [1.54, 1.807) is 7.11 Å². The molecule has 5 heteroatoms. The third-order valence-electron chi connectivity index (χ3n) is 2.18. The van der Waals surface area contributed by atoms with Gasteiger partial charge >= 0.3 is 0 Å². The number of nitrogens with one attached hydrogen (secondary N) is 1. The summed E-state index contributed by atoms with van der Waals surface area (Å²) in [5.41, 5.74) is 9.40. The zero-order valence-corrected chi connectivity index (χ0v) is 9.55. The number of ether oxygens (including phenoxy) is 1. The van der Waals surface area contributed by atoms with Gasteiger partial charge in [-0.3, -0.25) is 0 Å². The van der Waals surface area contributed by atoms with Gasteiger partial charge in [-0.2, -0.15) is 0 Å². The number of benzene rings is 1. The van der Waals surface area contributed by atoms with Crippen molar-refractivity contribution in [3.8, 4) is 5.75 Å². The van der Waals surface area contributed by atoms with Gasteiger partial charge in [0.05, 0.1) is 7.11 Å². The lowest BCUT2D eigenvalue weighted by atomic mass is 10.2. The molecule has 86 valence electrons. The summed E-state index contributed by atoms with van der Waals surface area (Å²) in [5, 5.41) is 6.80. The molecule has 1 rings (SSSR count). The van der Waals surface area contributed by atoms with Gasteiger partial charge in [0.15, 0.2) is 0 Å². The second-order valence-electron chi connectivity index (χ2n) is 3.53. The summed E-state index contributed by atoms with van der Waals surface area (Å²) in [7, 11) is 1.65. The Balaban J connectivity index is 2.34. The van der Waals surface area contributed by atoms with Gasteiger partial charge in [-0.15, -0.1) is 0 Å². The Hall–Kier alpha value is -1.71. The van der Waals surface area contributed by atoms with Crippen molar-refractivity contribution in [1.29, 1.82) is 0 Å². The second-order valence-corrected chi connectivity index (χ2v) is 3.53. The second kappa shape index (κ2) is 6.71. The van der Waals surface area contributed by atoms with Gasteiger partial charge < -0.3 is 10.1 Å². The molecule has 0 bridgehead atoms. The molecule has 0 aliphatic carbocycles. The Bertz CT molecular complexity index is 357. The summed E-state index contributed by atoms with van der Waals surface area (Å²) in [4.78, 5) is 2.75. The molecule has 0 saturated carbocycles. The Morgan fingerprint density at radius 1 is 1.44 bits per heavy atom. The first-order valence-corrected chi connectivity index (χ1v) is 5.14. The number of hydrogen-bond acceptors (Lipinski definition) is 3. The van der Waals surface area contributed by atoms with Crippen LogP contribution >= 0.6 is 0 Å². The topological polar surface area (TPSA) is 70.0 Å². The van der Waals surface area contributed by atoms with Gasteiger partial charge in [-0.1, -0.05) is 24.2 Å². The van der Waals surface area contributed by atoms with Crippen LogP contribution in [-0.4, -0.2) is 19.7 Å². The highest BCUT2D eigenvalue weighted by atomic mass is 16.5. The van der Waals surface area contributed by atoms with E-state index in [0.717, 1.165) is 12.3 Å². The maximum absolute atomic E-state index is 8.23. The molecule has 1 atom stereocenters. The highest BCUT2D eigenvalue weighted by molar-refractivity contribution is 5.26. The molecule has 0 aliphatic heterocycles. The fourth-order valence-corrected chi connectivity index (χ4v) is 1.30. The van der Waals surface area contributed by atoms with Crippen molar-refractivity contribution in [2.45, 2.75) is 19.5 Å². The highest BCUT2D eigenvalue weighted by Gasteiger charge is 1.98. The van der Waals surface area contributed by atoms with Crippen LogP contribution in [0.5, 0.6) is 5.75 Å². The Morgan fingerprint density at radius 2 is 2.12 bits per heavy atom. The fourth-order valence-electron chi connectivity index (χ4n) is 1.30. The molecule has 1 aromatic carbocycles. The van der Waals surface area contributed by atoms with E-state index >= 15 is 0 Å². The summed E-state index contributed by atoms with van der Waals surface area (Å²) >= 11 is 0. The fraction of sp³-hybridized carbons (Fsp3) is 0.455. The minimum absolute atomic E-state index is 0.0248. The molecule has 0 unspecified atom stereocenters. The van der Waals surface area contributed by atoms with Gasteiger partial charge in [-0.05, 0) is 23.2 Å². The Kier molecular flexibility index (Phi) is 5.19. The average Bonchev–Trinajstić information content (AvgIpc) is 2.30. The zero-order chi connectivity index (χ0) is 11.8. The van der Waals surface area contributed by atoms with Gasteiger partial charge in [0, 0.05) is 24.0 Å². The monoisotopic (exact) mass is 220 g/mol. The summed E-state index contributed by atoms with van der Waals surface area (Å²) in [6.45, 7) is 3.31. The molecule has 0 heterocycles. The summed E-state index contributed by atoms with van der Waals surface area (Å²) in [6, 6.07) is 7.83. The molecule has 0 radical (unpaired) electrons. The lowest BCUT2D eigenvalue weighted by Gasteiger charge is -2.07. The van der Waals surface area contributed by atoms with Crippen LogP contribution in [0.15, 0.2) is 29.4 Å². The molecule has 0 fully saturated rings. The average molecular weight is 220 g/mol. The number of hydrogen-bond donors (Lipinski definition) is 1. The van der Waals surface area contributed by atoms with Crippen molar-refractivity contribution >= 4 is 0 Å². The standard InChI is InChI=1S/C11H16N4O/c1-9(14-15-12)7-13-8-10-3-5-11(16-2)6-4-10/h3-6,9,13H,7-8H2,1-2H3/t9-/m0/s1. The van der Waals surface area contributed by atoms with Gasteiger partial charge in [0.2, 0.25) is 0 Å². The maximum atomic E-state index is 8.23. The smallest absolute Gasteiger partial charge is 0.118 e. The third kappa shape index (κ3) is 4.21. The zero-order valence-electron chi connectivity index (χ0n) is 9.55. The van der Waals surface area contributed by atoms with Crippen LogP contribution in [0.2, 0.25) is 0 Å². The minimum Gasteiger partial charge on any atom is -0.497 e. The van der Waals surface area contributed by atoms with Crippen LogP contribution in [0.1, 0.15) is 12.5 Å². The van der Waals surface area contributed by atoms with Crippen LogP contribution in [-0.2, 0) is 6.54 Å². The van der Waals surface area contributed by atoms with Crippen molar-refractivity contribution in [1.82, 2.24) is 5.32 Å². The summed E-state index contributed by atoms with van der Waals surface area (Å²) in [6.07, 6.45) is 0. The molecular weight excluding hydrogens is 204 g/mol. The molecule has 0 saturated heterocycles. The van der Waals surface area contributed by atoms with Gasteiger partial charge in [-0.25, -0.2) is 0 Å². The molecule has 0 spiro atoms. The van der Waals surface area contributed by atoms with Crippen LogP contribution in [0, 0.1) is 0 Å². The van der Waals surface area contributed by atoms with E-state index in [-0.39, 0.29) is 6.04 Å². The van der Waals surface area contributed by atoms with Crippen molar-refractivity contribution in [3.05, 3.63) is 40.3 Å². The first-order chi connectivity index (χ1) is 7.76. The van der Waals surface area contributed by atoms with Crippen molar-refractivity contribution in [3.63, 3.8) is 0 Å². The highest BCUT2D eigenvalue weighted by Crippen LogP contribution is 2.10. The molecule has 1 N–H and O–H groups in total.